The van der Waals surface area contributed by atoms with Crippen LogP contribution in [0.1, 0.15) is 25.0 Å². The molecule has 0 bridgehead atoms. The van der Waals surface area contributed by atoms with Gasteiger partial charge in [0.1, 0.15) is 0 Å². The van der Waals surface area contributed by atoms with Crippen molar-refractivity contribution in [3.8, 4) is 0 Å². The van der Waals surface area contributed by atoms with Crippen LogP contribution in [0.15, 0.2) is 22.9 Å². The Balaban J connectivity index is 3.03. The average molecular weight is 164 g/mol. The van der Waals surface area contributed by atoms with Crippen LogP contribution in [0.2, 0.25) is 0 Å². The molecule has 0 aliphatic heterocycles. The largest absolute Gasteiger partial charge is 0.151 e. The smallest absolute Gasteiger partial charge is 0.00145 e. The molecular weight excluding hydrogens is 152 g/mol. The van der Waals surface area contributed by atoms with Gasteiger partial charge >= 0.3 is 0 Å². The third-order valence-corrected chi connectivity index (χ3v) is 2.17. The lowest BCUT2D eigenvalue weighted by Gasteiger charge is -1.91. The molecule has 0 unspecified atom stereocenters. The molecule has 0 N–H and O–H groups in total. The number of rotatable bonds is 2. The summed E-state index contributed by atoms with van der Waals surface area (Å²) in [6.45, 7) is 7.95. The summed E-state index contributed by atoms with van der Waals surface area (Å²) < 4.78 is 0. The molecule has 0 aliphatic rings. The fourth-order valence-electron chi connectivity index (χ4n) is 0.911. The Morgan fingerprint density at radius 1 is 1.36 bits per heavy atom. The summed E-state index contributed by atoms with van der Waals surface area (Å²) >= 11 is 1.72. The molecule has 58 valence electrons. The van der Waals surface area contributed by atoms with E-state index in [1.807, 2.05) is 6.08 Å². The Morgan fingerprint density at radius 3 is 2.55 bits per heavy atom. The molecule has 11 heavy (non-hydrogen) atoms. The minimum absolute atomic E-state index is 1.23. The van der Waals surface area contributed by atoms with Crippen LogP contribution in [0, 0.1) is 0 Å². The normalized spacial score (nSPS) is 9.27. The van der Waals surface area contributed by atoms with Crippen LogP contribution >= 0.6 is 11.3 Å². The van der Waals surface area contributed by atoms with Gasteiger partial charge in [-0.1, -0.05) is 24.3 Å². The van der Waals surface area contributed by atoms with Crippen molar-refractivity contribution in [2.45, 2.75) is 13.8 Å². The van der Waals surface area contributed by atoms with Crippen LogP contribution in [0.5, 0.6) is 0 Å². The molecule has 0 spiro atoms. The van der Waals surface area contributed by atoms with Crippen LogP contribution < -0.4 is 0 Å². The second-order valence-electron chi connectivity index (χ2n) is 2.71. The van der Waals surface area contributed by atoms with Crippen LogP contribution in [-0.4, -0.2) is 0 Å². The van der Waals surface area contributed by atoms with Crippen LogP contribution in [0.4, 0.5) is 0 Å². The fourth-order valence-corrected chi connectivity index (χ4v) is 1.71. The van der Waals surface area contributed by atoms with Gasteiger partial charge in [-0.05, 0) is 35.7 Å². The van der Waals surface area contributed by atoms with E-state index in [0.717, 1.165) is 0 Å². The molecule has 0 amide bonds. The van der Waals surface area contributed by atoms with Crippen molar-refractivity contribution in [1.82, 2.24) is 0 Å². The Kier molecular flexibility index (Phi) is 2.66. The zero-order valence-corrected chi connectivity index (χ0v) is 7.74. The predicted molar refractivity (Wildman–Crippen MR) is 53.7 cm³/mol. The minimum Gasteiger partial charge on any atom is -0.151 e. The van der Waals surface area contributed by atoms with E-state index >= 15 is 0 Å². The molecule has 0 saturated carbocycles. The Morgan fingerprint density at radius 2 is 2.00 bits per heavy atom. The van der Waals surface area contributed by atoms with Crippen LogP contribution in [0.25, 0.3) is 12.2 Å². The Labute approximate surface area is 71.9 Å². The Bertz CT molecular complexity index is 275. The van der Waals surface area contributed by atoms with Gasteiger partial charge in [0.2, 0.25) is 0 Å². The zero-order chi connectivity index (χ0) is 8.27. The van der Waals surface area contributed by atoms with Gasteiger partial charge in [-0.2, -0.15) is 11.3 Å². The molecule has 1 aromatic rings. The lowest BCUT2D eigenvalue weighted by atomic mass is 10.1. The molecule has 0 nitrogen and oxygen atoms in total. The average Bonchev–Trinajstić information content (AvgIpc) is 2.34. The first kappa shape index (κ1) is 8.28. The second kappa shape index (κ2) is 3.54. The van der Waals surface area contributed by atoms with E-state index in [0.29, 0.717) is 0 Å². The van der Waals surface area contributed by atoms with Crippen molar-refractivity contribution < 1.29 is 0 Å². The highest BCUT2D eigenvalue weighted by molar-refractivity contribution is 7.08. The Hall–Kier alpha value is -0.820. The van der Waals surface area contributed by atoms with Gasteiger partial charge in [-0.15, -0.1) is 0 Å². The number of thiophene rings is 1. The van der Waals surface area contributed by atoms with Gasteiger partial charge in [0, 0.05) is 0 Å². The van der Waals surface area contributed by atoms with Gasteiger partial charge in [-0.3, -0.25) is 0 Å². The maximum Gasteiger partial charge on any atom is -0.00145 e. The maximum atomic E-state index is 3.75. The summed E-state index contributed by atoms with van der Waals surface area (Å²) in [6.07, 6.45) is 4.07. The van der Waals surface area contributed by atoms with Crippen molar-refractivity contribution in [3.05, 3.63) is 34.0 Å². The molecule has 0 saturated heterocycles. The van der Waals surface area contributed by atoms with Crippen LogP contribution in [0.3, 0.4) is 0 Å². The van der Waals surface area contributed by atoms with E-state index in [1.165, 1.54) is 16.7 Å². The predicted octanol–water partition coefficient (Wildman–Crippen LogP) is 3.81. The maximum absolute atomic E-state index is 3.75. The van der Waals surface area contributed by atoms with E-state index in [1.54, 1.807) is 11.3 Å². The fraction of sp³-hybridized carbons (Fsp3) is 0.200. The molecule has 0 fully saturated rings. The van der Waals surface area contributed by atoms with E-state index in [4.69, 9.17) is 0 Å². The highest BCUT2D eigenvalue weighted by atomic mass is 32.1. The van der Waals surface area contributed by atoms with Crippen molar-refractivity contribution >= 4 is 23.5 Å². The first-order chi connectivity index (χ1) is 5.24. The molecule has 0 aromatic carbocycles. The lowest BCUT2D eigenvalue weighted by molar-refractivity contribution is 1.42. The summed E-state index contributed by atoms with van der Waals surface area (Å²) in [5.74, 6) is 0. The van der Waals surface area contributed by atoms with E-state index < -0.39 is 0 Å². The number of hydrogen-bond donors (Lipinski definition) is 0. The third kappa shape index (κ3) is 2.05. The minimum atomic E-state index is 1.23. The highest BCUT2D eigenvalue weighted by Crippen LogP contribution is 2.18. The molecule has 1 rings (SSSR count). The topological polar surface area (TPSA) is 0 Å². The van der Waals surface area contributed by atoms with Crippen LogP contribution in [-0.2, 0) is 0 Å². The van der Waals surface area contributed by atoms with Gasteiger partial charge in [-0.25, -0.2) is 0 Å². The first-order valence-electron chi connectivity index (χ1n) is 3.57. The molecular formula is C10H12S. The van der Waals surface area contributed by atoms with E-state index in [-0.39, 0.29) is 0 Å². The first-order valence-corrected chi connectivity index (χ1v) is 4.52. The van der Waals surface area contributed by atoms with Gasteiger partial charge in [0.05, 0.1) is 0 Å². The molecule has 1 heterocycles. The van der Waals surface area contributed by atoms with E-state index in [2.05, 4.69) is 37.3 Å². The summed E-state index contributed by atoms with van der Waals surface area (Å²) in [4.78, 5) is 0. The SMILES string of the molecule is C=Cc1cscc1C=C(C)C. The van der Waals surface area contributed by atoms with Gasteiger partial charge in [0.25, 0.3) is 0 Å². The van der Waals surface area contributed by atoms with Gasteiger partial charge < -0.3 is 0 Å². The highest BCUT2D eigenvalue weighted by Gasteiger charge is 1.95. The van der Waals surface area contributed by atoms with Crippen molar-refractivity contribution in [3.63, 3.8) is 0 Å². The summed E-state index contributed by atoms with van der Waals surface area (Å²) in [5.41, 5.74) is 3.84. The molecule has 0 radical (unpaired) electrons. The standard InChI is InChI=1S/C10H12S/c1-4-9-6-11-7-10(9)5-8(2)3/h4-7H,1H2,2-3H3. The number of hydrogen-bond acceptors (Lipinski definition) is 1. The summed E-state index contributed by atoms with van der Waals surface area (Å²) in [5, 5.41) is 4.26. The number of allylic oxidation sites excluding steroid dienone is 1. The monoisotopic (exact) mass is 164 g/mol. The van der Waals surface area contributed by atoms with Crippen molar-refractivity contribution in [2.75, 3.05) is 0 Å². The zero-order valence-electron chi connectivity index (χ0n) is 6.92. The third-order valence-electron chi connectivity index (χ3n) is 1.39. The molecule has 1 heteroatoms. The molecule has 0 atom stereocenters. The second-order valence-corrected chi connectivity index (χ2v) is 3.45. The molecule has 0 aliphatic carbocycles. The van der Waals surface area contributed by atoms with Gasteiger partial charge in [0.15, 0.2) is 0 Å². The van der Waals surface area contributed by atoms with E-state index in [9.17, 15) is 0 Å². The lowest BCUT2D eigenvalue weighted by Crippen LogP contribution is -1.71. The van der Waals surface area contributed by atoms with Crippen molar-refractivity contribution in [2.24, 2.45) is 0 Å². The summed E-state index contributed by atoms with van der Waals surface area (Å²) in [7, 11) is 0. The molecule has 1 aromatic heterocycles. The van der Waals surface area contributed by atoms with Crippen molar-refractivity contribution in [1.29, 1.82) is 0 Å². The quantitative estimate of drug-likeness (QED) is 0.623. The summed E-state index contributed by atoms with van der Waals surface area (Å²) in [6, 6.07) is 0.